The van der Waals surface area contributed by atoms with Gasteiger partial charge in [0.25, 0.3) is 5.91 Å². The maximum Gasteiger partial charge on any atom is 0.252 e. The van der Waals surface area contributed by atoms with E-state index in [-0.39, 0.29) is 18.1 Å². The minimum atomic E-state index is -0.354. The average Bonchev–Trinajstić information content (AvgIpc) is 3.17. The van der Waals surface area contributed by atoms with Crippen LogP contribution in [0.25, 0.3) is 0 Å². The summed E-state index contributed by atoms with van der Waals surface area (Å²) in [7, 11) is 1.90. The summed E-state index contributed by atoms with van der Waals surface area (Å²) in [4.78, 5) is 12.2. The molecule has 0 saturated heterocycles. The number of amides is 1. The third-order valence-electron chi connectivity index (χ3n) is 3.44. The van der Waals surface area contributed by atoms with Crippen LogP contribution >= 0.6 is 0 Å². The molecule has 0 unspecified atom stereocenters. The SMILES string of the molecule is CNCCc1ccccc1C(=O)NC1(CO)CC1. The predicted molar refractivity (Wildman–Crippen MR) is 70.6 cm³/mol. The molecule has 0 aliphatic heterocycles. The quantitative estimate of drug-likeness (QED) is 0.694. The highest BCUT2D eigenvalue weighted by Gasteiger charge is 2.43. The van der Waals surface area contributed by atoms with Crippen LogP contribution < -0.4 is 10.6 Å². The first-order chi connectivity index (χ1) is 8.71. The molecule has 1 aromatic carbocycles. The summed E-state index contributed by atoms with van der Waals surface area (Å²) in [6.45, 7) is 0.868. The topological polar surface area (TPSA) is 61.4 Å². The lowest BCUT2D eigenvalue weighted by Crippen LogP contribution is -2.40. The molecule has 0 heterocycles. The molecule has 1 aromatic rings. The average molecular weight is 248 g/mol. The van der Waals surface area contributed by atoms with Crippen molar-refractivity contribution in [1.29, 1.82) is 0 Å². The van der Waals surface area contributed by atoms with E-state index in [1.165, 1.54) is 0 Å². The molecule has 0 aromatic heterocycles. The number of carbonyl (C=O) groups excluding carboxylic acids is 1. The Bertz CT molecular complexity index is 428. The zero-order valence-electron chi connectivity index (χ0n) is 10.7. The second-order valence-electron chi connectivity index (χ2n) is 4.90. The summed E-state index contributed by atoms with van der Waals surface area (Å²) in [6.07, 6.45) is 2.56. The molecular weight excluding hydrogens is 228 g/mol. The second kappa shape index (κ2) is 5.50. The normalized spacial score (nSPS) is 16.3. The van der Waals surface area contributed by atoms with Gasteiger partial charge in [-0.05, 0) is 44.5 Å². The summed E-state index contributed by atoms with van der Waals surface area (Å²) in [5.41, 5.74) is 1.40. The Hall–Kier alpha value is -1.39. The highest BCUT2D eigenvalue weighted by Crippen LogP contribution is 2.34. The first-order valence-corrected chi connectivity index (χ1v) is 6.37. The van der Waals surface area contributed by atoms with E-state index in [0.717, 1.165) is 31.4 Å². The molecule has 0 bridgehead atoms. The van der Waals surface area contributed by atoms with E-state index >= 15 is 0 Å². The van der Waals surface area contributed by atoms with Crippen LogP contribution in [0.15, 0.2) is 24.3 Å². The standard InChI is InChI=1S/C14H20N2O2/c1-15-9-6-11-4-2-3-5-12(11)13(18)16-14(10-17)7-8-14/h2-5,15,17H,6-10H2,1H3,(H,16,18). The molecule has 98 valence electrons. The minimum absolute atomic E-state index is 0.0252. The molecular formula is C14H20N2O2. The molecule has 18 heavy (non-hydrogen) atoms. The molecule has 4 nitrogen and oxygen atoms in total. The summed E-state index contributed by atoms with van der Waals surface area (Å²) < 4.78 is 0. The van der Waals surface area contributed by atoms with Crippen molar-refractivity contribution in [3.63, 3.8) is 0 Å². The van der Waals surface area contributed by atoms with Crippen molar-refractivity contribution in [2.45, 2.75) is 24.8 Å². The largest absolute Gasteiger partial charge is 0.394 e. The van der Waals surface area contributed by atoms with E-state index in [1.807, 2.05) is 31.3 Å². The number of carbonyl (C=O) groups is 1. The number of hydrogen-bond donors (Lipinski definition) is 3. The van der Waals surface area contributed by atoms with Gasteiger partial charge in [-0.25, -0.2) is 0 Å². The van der Waals surface area contributed by atoms with Crippen LogP contribution in [0, 0.1) is 0 Å². The summed E-state index contributed by atoms with van der Waals surface area (Å²) in [5.74, 6) is -0.0757. The molecule has 1 amide bonds. The number of likely N-dealkylation sites (N-methyl/N-ethyl adjacent to an activating group) is 1. The van der Waals surface area contributed by atoms with Crippen LogP contribution in [0.1, 0.15) is 28.8 Å². The minimum Gasteiger partial charge on any atom is -0.394 e. The Balaban J connectivity index is 2.09. The lowest BCUT2D eigenvalue weighted by Gasteiger charge is -2.16. The van der Waals surface area contributed by atoms with Gasteiger partial charge in [0.15, 0.2) is 0 Å². The van der Waals surface area contributed by atoms with E-state index in [0.29, 0.717) is 5.56 Å². The summed E-state index contributed by atoms with van der Waals surface area (Å²) in [6, 6.07) is 7.63. The van der Waals surface area contributed by atoms with Gasteiger partial charge < -0.3 is 15.7 Å². The highest BCUT2D eigenvalue weighted by atomic mass is 16.3. The lowest BCUT2D eigenvalue weighted by molar-refractivity contribution is 0.0906. The number of rotatable bonds is 6. The first-order valence-electron chi connectivity index (χ1n) is 6.37. The number of hydrogen-bond acceptors (Lipinski definition) is 3. The van der Waals surface area contributed by atoms with Gasteiger partial charge in [-0.1, -0.05) is 18.2 Å². The van der Waals surface area contributed by atoms with E-state index in [1.54, 1.807) is 0 Å². The van der Waals surface area contributed by atoms with Crippen molar-refractivity contribution < 1.29 is 9.90 Å². The molecule has 4 heteroatoms. The zero-order chi connectivity index (χ0) is 13.0. The lowest BCUT2D eigenvalue weighted by atomic mass is 10.0. The van der Waals surface area contributed by atoms with E-state index < -0.39 is 0 Å². The van der Waals surface area contributed by atoms with E-state index in [9.17, 15) is 9.90 Å². The van der Waals surface area contributed by atoms with Crippen LogP contribution in [-0.2, 0) is 6.42 Å². The Kier molecular flexibility index (Phi) is 3.99. The van der Waals surface area contributed by atoms with Crippen LogP contribution in [0.3, 0.4) is 0 Å². The van der Waals surface area contributed by atoms with Crippen molar-refractivity contribution in [3.05, 3.63) is 35.4 Å². The third-order valence-corrected chi connectivity index (χ3v) is 3.44. The van der Waals surface area contributed by atoms with Crippen molar-refractivity contribution in [3.8, 4) is 0 Å². The Morgan fingerprint density at radius 2 is 2.11 bits per heavy atom. The monoisotopic (exact) mass is 248 g/mol. The molecule has 0 spiro atoms. The first kappa shape index (κ1) is 13.1. The fourth-order valence-electron chi connectivity index (χ4n) is 2.00. The van der Waals surface area contributed by atoms with Gasteiger partial charge in [0.05, 0.1) is 12.1 Å². The molecule has 0 radical (unpaired) electrons. The van der Waals surface area contributed by atoms with E-state index in [2.05, 4.69) is 10.6 Å². The van der Waals surface area contributed by atoms with Gasteiger partial charge >= 0.3 is 0 Å². The number of aliphatic hydroxyl groups excluding tert-OH is 1. The number of benzene rings is 1. The molecule has 1 saturated carbocycles. The molecule has 1 fully saturated rings. The zero-order valence-corrected chi connectivity index (χ0v) is 10.7. The number of aliphatic hydroxyl groups is 1. The molecule has 1 aliphatic carbocycles. The Morgan fingerprint density at radius 1 is 1.39 bits per heavy atom. The van der Waals surface area contributed by atoms with E-state index in [4.69, 9.17) is 0 Å². The van der Waals surface area contributed by atoms with Gasteiger partial charge in [0.2, 0.25) is 0 Å². The summed E-state index contributed by atoms with van der Waals surface area (Å²) in [5, 5.41) is 15.3. The van der Waals surface area contributed by atoms with Crippen molar-refractivity contribution in [2.75, 3.05) is 20.2 Å². The van der Waals surface area contributed by atoms with Crippen molar-refractivity contribution in [2.24, 2.45) is 0 Å². The van der Waals surface area contributed by atoms with Crippen molar-refractivity contribution in [1.82, 2.24) is 10.6 Å². The van der Waals surface area contributed by atoms with Gasteiger partial charge in [-0.15, -0.1) is 0 Å². The van der Waals surface area contributed by atoms with Gasteiger partial charge in [-0.2, -0.15) is 0 Å². The smallest absolute Gasteiger partial charge is 0.252 e. The van der Waals surface area contributed by atoms with Gasteiger partial charge in [-0.3, -0.25) is 4.79 Å². The maximum atomic E-state index is 12.2. The van der Waals surface area contributed by atoms with Crippen molar-refractivity contribution >= 4 is 5.91 Å². The highest BCUT2D eigenvalue weighted by molar-refractivity contribution is 5.96. The Morgan fingerprint density at radius 3 is 2.72 bits per heavy atom. The van der Waals surface area contributed by atoms with Gasteiger partial charge in [0.1, 0.15) is 0 Å². The maximum absolute atomic E-state index is 12.2. The van der Waals surface area contributed by atoms with Crippen LogP contribution in [-0.4, -0.2) is 36.8 Å². The molecule has 1 aliphatic rings. The van der Waals surface area contributed by atoms with Crippen LogP contribution in [0.2, 0.25) is 0 Å². The summed E-state index contributed by atoms with van der Waals surface area (Å²) >= 11 is 0. The Labute approximate surface area is 107 Å². The third kappa shape index (κ3) is 2.89. The van der Waals surface area contributed by atoms with Crippen LogP contribution in [0.5, 0.6) is 0 Å². The molecule has 0 atom stereocenters. The predicted octanol–water partition coefficient (Wildman–Crippen LogP) is 0.703. The number of nitrogens with one attached hydrogen (secondary N) is 2. The fourth-order valence-corrected chi connectivity index (χ4v) is 2.00. The van der Waals surface area contributed by atoms with Crippen LogP contribution in [0.4, 0.5) is 0 Å². The molecule has 3 N–H and O–H groups in total. The van der Waals surface area contributed by atoms with Gasteiger partial charge in [0, 0.05) is 5.56 Å². The molecule has 2 rings (SSSR count). The fraction of sp³-hybridized carbons (Fsp3) is 0.500. The second-order valence-corrected chi connectivity index (χ2v) is 4.90.